The fourth-order valence-electron chi connectivity index (χ4n) is 2.79. The van der Waals surface area contributed by atoms with Crippen molar-refractivity contribution in [2.45, 2.75) is 26.2 Å². The third-order valence-corrected chi connectivity index (χ3v) is 3.79. The molecule has 2 aliphatic heterocycles. The summed E-state index contributed by atoms with van der Waals surface area (Å²) in [4.78, 5) is 27.5. The van der Waals surface area contributed by atoms with Gasteiger partial charge >= 0.3 is 0 Å². The summed E-state index contributed by atoms with van der Waals surface area (Å²) in [5, 5.41) is 3.22. The number of nitrogens with one attached hydrogen (secondary N) is 1. The molecule has 2 fully saturated rings. The van der Waals surface area contributed by atoms with Crippen LogP contribution >= 0.6 is 0 Å². The Morgan fingerprint density at radius 1 is 1.39 bits per heavy atom. The molecule has 2 rings (SSSR count). The maximum atomic E-state index is 12.1. The third kappa shape index (κ3) is 3.22. The first-order valence-electron chi connectivity index (χ1n) is 6.97. The lowest BCUT2D eigenvalue weighted by Gasteiger charge is -2.29. The molecule has 0 aliphatic carbocycles. The van der Waals surface area contributed by atoms with Crippen LogP contribution in [0.15, 0.2) is 0 Å². The van der Waals surface area contributed by atoms with Crippen LogP contribution in [0.5, 0.6) is 0 Å². The number of hydrogen-bond donors (Lipinski definition) is 1. The number of likely N-dealkylation sites (tertiary alicyclic amines) is 1. The fraction of sp³-hybridized carbons (Fsp3) is 0.846. The minimum atomic E-state index is 0.0991. The van der Waals surface area contributed by atoms with E-state index in [0.717, 1.165) is 45.6 Å². The minimum absolute atomic E-state index is 0.0991. The summed E-state index contributed by atoms with van der Waals surface area (Å²) in [5.41, 5.74) is 0. The summed E-state index contributed by atoms with van der Waals surface area (Å²) in [7, 11) is 0. The quantitative estimate of drug-likeness (QED) is 0.771. The summed E-state index contributed by atoms with van der Waals surface area (Å²) >= 11 is 0. The third-order valence-electron chi connectivity index (χ3n) is 3.79. The second-order valence-electron chi connectivity index (χ2n) is 5.26. The highest BCUT2D eigenvalue weighted by molar-refractivity contribution is 5.86. The van der Waals surface area contributed by atoms with Crippen molar-refractivity contribution in [2.24, 2.45) is 5.92 Å². The van der Waals surface area contributed by atoms with E-state index in [2.05, 4.69) is 12.2 Å². The zero-order valence-electron chi connectivity index (χ0n) is 11.2. The van der Waals surface area contributed by atoms with Crippen molar-refractivity contribution < 1.29 is 9.59 Å². The van der Waals surface area contributed by atoms with E-state index in [-0.39, 0.29) is 18.4 Å². The molecule has 2 heterocycles. The van der Waals surface area contributed by atoms with Gasteiger partial charge in [0.25, 0.3) is 0 Å². The van der Waals surface area contributed by atoms with Gasteiger partial charge in [-0.2, -0.15) is 0 Å². The van der Waals surface area contributed by atoms with Gasteiger partial charge < -0.3 is 15.1 Å². The molecule has 1 atom stereocenters. The maximum absolute atomic E-state index is 12.1. The molecule has 5 nitrogen and oxygen atoms in total. The first-order chi connectivity index (χ1) is 8.70. The van der Waals surface area contributed by atoms with Crippen LogP contribution < -0.4 is 5.32 Å². The molecule has 2 saturated heterocycles. The van der Waals surface area contributed by atoms with Gasteiger partial charge in [-0.3, -0.25) is 9.59 Å². The molecule has 5 heteroatoms. The molecule has 0 radical (unpaired) electrons. The fourth-order valence-corrected chi connectivity index (χ4v) is 2.79. The predicted octanol–water partition coefficient (Wildman–Crippen LogP) is 0.0668. The number of carbonyl (C=O) groups excluding carboxylic acids is 2. The molecule has 2 amide bonds. The highest BCUT2D eigenvalue weighted by Gasteiger charge is 2.31. The van der Waals surface area contributed by atoms with E-state index in [1.165, 1.54) is 0 Å². The highest BCUT2D eigenvalue weighted by Crippen LogP contribution is 2.21. The van der Waals surface area contributed by atoms with Crippen LogP contribution in [0, 0.1) is 5.92 Å². The van der Waals surface area contributed by atoms with E-state index in [9.17, 15) is 9.59 Å². The molecule has 18 heavy (non-hydrogen) atoms. The van der Waals surface area contributed by atoms with Gasteiger partial charge in [0.15, 0.2) is 0 Å². The Bertz CT molecular complexity index is 313. The van der Waals surface area contributed by atoms with Crippen LogP contribution in [0.1, 0.15) is 26.2 Å². The van der Waals surface area contributed by atoms with Crippen LogP contribution in [-0.2, 0) is 9.59 Å². The van der Waals surface area contributed by atoms with Gasteiger partial charge in [-0.15, -0.1) is 0 Å². The second-order valence-corrected chi connectivity index (χ2v) is 5.26. The Morgan fingerprint density at radius 2 is 2.11 bits per heavy atom. The molecule has 0 aromatic rings. The van der Waals surface area contributed by atoms with Crippen molar-refractivity contribution in [2.75, 3.05) is 39.3 Å². The van der Waals surface area contributed by atoms with Gasteiger partial charge in [0.1, 0.15) is 0 Å². The van der Waals surface area contributed by atoms with Crippen molar-refractivity contribution in [3.63, 3.8) is 0 Å². The Morgan fingerprint density at radius 3 is 2.78 bits per heavy atom. The largest absolute Gasteiger partial charge is 0.339 e. The van der Waals surface area contributed by atoms with E-state index in [0.29, 0.717) is 12.3 Å². The number of amides is 2. The van der Waals surface area contributed by atoms with Gasteiger partial charge in [0, 0.05) is 39.1 Å². The molecule has 0 aromatic carbocycles. The topological polar surface area (TPSA) is 52.7 Å². The number of rotatable bonds is 4. The van der Waals surface area contributed by atoms with Crippen LogP contribution in [0.2, 0.25) is 0 Å². The van der Waals surface area contributed by atoms with Gasteiger partial charge in [0.2, 0.25) is 11.8 Å². The van der Waals surface area contributed by atoms with Crippen LogP contribution in [0.3, 0.4) is 0 Å². The van der Waals surface area contributed by atoms with Gasteiger partial charge in [-0.25, -0.2) is 0 Å². The summed E-state index contributed by atoms with van der Waals surface area (Å²) in [5.74, 6) is 0.706. The molecule has 1 N–H and O–H groups in total. The lowest BCUT2D eigenvalue weighted by atomic mass is 10.0. The molecular weight excluding hydrogens is 230 g/mol. The first kappa shape index (κ1) is 13.3. The Kier molecular flexibility index (Phi) is 4.58. The number of piperazine rings is 1. The van der Waals surface area contributed by atoms with Crippen LogP contribution in [-0.4, -0.2) is 60.9 Å². The van der Waals surface area contributed by atoms with Crippen LogP contribution in [0.25, 0.3) is 0 Å². The van der Waals surface area contributed by atoms with Crippen molar-refractivity contribution in [3.05, 3.63) is 0 Å². The molecule has 0 saturated carbocycles. The monoisotopic (exact) mass is 253 g/mol. The Balaban J connectivity index is 1.81. The molecular formula is C13H23N3O2. The van der Waals surface area contributed by atoms with Crippen molar-refractivity contribution >= 4 is 11.8 Å². The average Bonchev–Trinajstić information content (AvgIpc) is 2.71. The zero-order valence-corrected chi connectivity index (χ0v) is 11.2. The number of carbonyl (C=O) groups is 2. The molecule has 0 aromatic heterocycles. The summed E-state index contributed by atoms with van der Waals surface area (Å²) in [6.45, 7) is 6.43. The van der Waals surface area contributed by atoms with E-state index >= 15 is 0 Å². The van der Waals surface area contributed by atoms with Crippen molar-refractivity contribution in [1.82, 2.24) is 15.1 Å². The molecule has 0 bridgehead atoms. The molecule has 2 aliphatic rings. The number of nitrogens with zero attached hydrogens (tertiary/aromatic N) is 2. The highest BCUT2D eigenvalue weighted by atomic mass is 16.2. The van der Waals surface area contributed by atoms with E-state index in [1.807, 2.05) is 4.90 Å². The van der Waals surface area contributed by atoms with Gasteiger partial charge in [-0.1, -0.05) is 13.3 Å². The van der Waals surface area contributed by atoms with Gasteiger partial charge in [-0.05, 0) is 12.3 Å². The van der Waals surface area contributed by atoms with Crippen molar-refractivity contribution in [3.8, 4) is 0 Å². The van der Waals surface area contributed by atoms with Crippen LogP contribution in [0.4, 0.5) is 0 Å². The lowest BCUT2D eigenvalue weighted by molar-refractivity contribution is -0.138. The SMILES string of the molecule is CCCC1CC(=O)N(CC(=O)N2CCNCC2)C1. The minimum Gasteiger partial charge on any atom is -0.339 e. The standard InChI is InChI=1S/C13H23N3O2/c1-2-3-11-8-12(17)16(9-11)10-13(18)15-6-4-14-5-7-15/h11,14H,2-10H2,1H3. The molecule has 1 unspecified atom stereocenters. The Labute approximate surface area is 108 Å². The summed E-state index contributed by atoms with van der Waals surface area (Å²) in [6, 6.07) is 0. The van der Waals surface area contributed by atoms with Gasteiger partial charge in [0.05, 0.1) is 6.54 Å². The van der Waals surface area contributed by atoms with E-state index < -0.39 is 0 Å². The molecule has 102 valence electrons. The first-order valence-corrected chi connectivity index (χ1v) is 6.97. The zero-order chi connectivity index (χ0) is 13.0. The normalized spacial score (nSPS) is 24.7. The Hall–Kier alpha value is -1.10. The maximum Gasteiger partial charge on any atom is 0.242 e. The smallest absolute Gasteiger partial charge is 0.242 e. The molecule has 0 spiro atoms. The van der Waals surface area contributed by atoms with E-state index in [1.54, 1.807) is 4.90 Å². The predicted molar refractivity (Wildman–Crippen MR) is 69.0 cm³/mol. The summed E-state index contributed by atoms with van der Waals surface area (Å²) in [6.07, 6.45) is 2.82. The van der Waals surface area contributed by atoms with Crippen molar-refractivity contribution in [1.29, 1.82) is 0 Å². The lowest BCUT2D eigenvalue weighted by Crippen LogP contribution is -2.49. The second kappa shape index (κ2) is 6.18. The summed E-state index contributed by atoms with van der Waals surface area (Å²) < 4.78 is 0. The van der Waals surface area contributed by atoms with E-state index in [4.69, 9.17) is 0 Å². The number of hydrogen-bond acceptors (Lipinski definition) is 3. The average molecular weight is 253 g/mol.